The predicted octanol–water partition coefficient (Wildman–Crippen LogP) is 3.14. The molecule has 100 valence electrons. The first-order valence-electron chi connectivity index (χ1n) is 5.64. The summed E-state index contributed by atoms with van der Waals surface area (Å²) in [4.78, 5) is 15.4. The first-order valence-corrected chi connectivity index (χ1v) is 6.52. The van der Waals surface area contributed by atoms with Crippen LogP contribution in [0, 0.1) is 19.7 Å². The van der Waals surface area contributed by atoms with Gasteiger partial charge in [0.15, 0.2) is 6.04 Å². The lowest BCUT2D eigenvalue weighted by molar-refractivity contribution is -0.138. The number of nitrogens with one attached hydrogen (secondary N) is 1. The van der Waals surface area contributed by atoms with E-state index in [4.69, 9.17) is 0 Å². The molecule has 19 heavy (non-hydrogen) atoms. The molecule has 0 spiro atoms. The molecule has 6 heteroatoms. The van der Waals surface area contributed by atoms with Gasteiger partial charge in [-0.1, -0.05) is 0 Å². The molecule has 0 fully saturated rings. The van der Waals surface area contributed by atoms with Crippen LogP contribution in [-0.4, -0.2) is 16.1 Å². The number of halogens is 1. The minimum Gasteiger partial charge on any atom is -0.479 e. The Hall–Kier alpha value is -1.95. The summed E-state index contributed by atoms with van der Waals surface area (Å²) in [6.45, 7) is 3.55. The smallest absolute Gasteiger partial charge is 0.332 e. The number of aromatic nitrogens is 1. The third kappa shape index (κ3) is 3.29. The number of carboxylic acids is 1. The third-order valence-electron chi connectivity index (χ3n) is 2.53. The molecular formula is C13H13FN2O2S. The lowest BCUT2D eigenvalue weighted by Crippen LogP contribution is -2.21. The van der Waals surface area contributed by atoms with Gasteiger partial charge in [0.25, 0.3) is 0 Å². The summed E-state index contributed by atoms with van der Waals surface area (Å²) in [6, 6.07) is 3.36. The van der Waals surface area contributed by atoms with Gasteiger partial charge in [0.2, 0.25) is 0 Å². The number of hydrogen-bond acceptors (Lipinski definition) is 4. The van der Waals surface area contributed by atoms with Crippen LogP contribution >= 0.6 is 11.3 Å². The van der Waals surface area contributed by atoms with Crippen LogP contribution in [-0.2, 0) is 4.79 Å². The SMILES string of the molecule is Cc1cc(F)cc(NC(C(=O)O)c2csc(C)n2)c1. The average molecular weight is 280 g/mol. The number of anilines is 1. The lowest BCUT2D eigenvalue weighted by atomic mass is 10.1. The Morgan fingerprint density at radius 1 is 1.42 bits per heavy atom. The van der Waals surface area contributed by atoms with E-state index in [2.05, 4.69) is 10.3 Å². The Labute approximate surface area is 113 Å². The highest BCUT2D eigenvalue weighted by atomic mass is 32.1. The molecule has 1 unspecified atom stereocenters. The maximum atomic E-state index is 13.3. The second-order valence-electron chi connectivity index (χ2n) is 4.22. The van der Waals surface area contributed by atoms with E-state index in [-0.39, 0.29) is 0 Å². The summed E-state index contributed by atoms with van der Waals surface area (Å²) >= 11 is 1.38. The molecule has 1 atom stereocenters. The van der Waals surface area contributed by atoms with E-state index in [9.17, 15) is 14.3 Å². The summed E-state index contributed by atoms with van der Waals surface area (Å²) in [6.07, 6.45) is 0. The number of rotatable bonds is 4. The Balaban J connectivity index is 2.29. The van der Waals surface area contributed by atoms with E-state index < -0.39 is 17.8 Å². The van der Waals surface area contributed by atoms with Crippen molar-refractivity contribution >= 4 is 23.0 Å². The molecule has 0 aliphatic carbocycles. The minimum absolute atomic E-state index is 0.402. The Kier molecular flexibility index (Phi) is 3.80. The monoisotopic (exact) mass is 280 g/mol. The molecule has 0 aliphatic heterocycles. The van der Waals surface area contributed by atoms with Crippen LogP contribution in [0.5, 0.6) is 0 Å². The summed E-state index contributed by atoms with van der Waals surface area (Å²) < 4.78 is 13.3. The van der Waals surface area contributed by atoms with Gasteiger partial charge in [-0.25, -0.2) is 14.2 Å². The fraction of sp³-hybridized carbons (Fsp3) is 0.231. The number of nitrogens with zero attached hydrogens (tertiary/aromatic N) is 1. The molecule has 1 heterocycles. The van der Waals surface area contributed by atoms with Crippen molar-refractivity contribution in [3.05, 3.63) is 45.7 Å². The van der Waals surface area contributed by atoms with Gasteiger partial charge in [-0.3, -0.25) is 0 Å². The van der Waals surface area contributed by atoms with Gasteiger partial charge in [-0.05, 0) is 37.6 Å². The summed E-state index contributed by atoms with van der Waals surface area (Å²) in [5.74, 6) is -1.45. The largest absolute Gasteiger partial charge is 0.479 e. The second kappa shape index (κ2) is 5.36. The number of thiazole rings is 1. The fourth-order valence-electron chi connectivity index (χ4n) is 1.76. The lowest BCUT2D eigenvalue weighted by Gasteiger charge is -2.14. The molecule has 1 aromatic carbocycles. The molecule has 2 N–H and O–H groups in total. The second-order valence-corrected chi connectivity index (χ2v) is 5.29. The van der Waals surface area contributed by atoms with E-state index >= 15 is 0 Å². The van der Waals surface area contributed by atoms with Crippen molar-refractivity contribution in [2.75, 3.05) is 5.32 Å². The van der Waals surface area contributed by atoms with Crippen molar-refractivity contribution in [2.24, 2.45) is 0 Å². The summed E-state index contributed by atoms with van der Waals surface area (Å²) in [5.41, 5.74) is 1.58. The molecule has 0 aliphatic rings. The van der Waals surface area contributed by atoms with Crippen molar-refractivity contribution in [1.82, 2.24) is 4.98 Å². The number of aryl methyl sites for hydroxylation is 2. The molecule has 4 nitrogen and oxygen atoms in total. The molecule has 2 rings (SSSR count). The number of benzene rings is 1. The van der Waals surface area contributed by atoms with Gasteiger partial charge in [-0.15, -0.1) is 11.3 Å². The maximum absolute atomic E-state index is 13.3. The maximum Gasteiger partial charge on any atom is 0.332 e. The van der Waals surface area contributed by atoms with Gasteiger partial charge >= 0.3 is 5.97 Å². The Bertz CT molecular complexity index is 592. The normalized spacial score (nSPS) is 12.2. The fourth-order valence-corrected chi connectivity index (χ4v) is 2.40. The molecule has 2 aromatic rings. The highest BCUT2D eigenvalue weighted by molar-refractivity contribution is 7.09. The van der Waals surface area contributed by atoms with Crippen LogP contribution in [0.4, 0.5) is 10.1 Å². The number of carboxylic acid groups (broad SMARTS) is 1. The van der Waals surface area contributed by atoms with Crippen LogP contribution in [0.25, 0.3) is 0 Å². The van der Waals surface area contributed by atoms with E-state index in [1.165, 1.54) is 23.5 Å². The van der Waals surface area contributed by atoms with Crippen LogP contribution in [0.3, 0.4) is 0 Å². The molecule has 0 saturated heterocycles. The zero-order valence-electron chi connectivity index (χ0n) is 10.5. The number of hydrogen-bond donors (Lipinski definition) is 2. The first kappa shape index (κ1) is 13.5. The van der Waals surface area contributed by atoms with Gasteiger partial charge in [-0.2, -0.15) is 0 Å². The Morgan fingerprint density at radius 3 is 2.68 bits per heavy atom. The molecule has 0 saturated carbocycles. The van der Waals surface area contributed by atoms with Crippen LogP contribution in [0.15, 0.2) is 23.6 Å². The van der Waals surface area contributed by atoms with Crippen molar-refractivity contribution in [1.29, 1.82) is 0 Å². The topological polar surface area (TPSA) is 62.2 Å². The van der Waals surface area contributed by atoms with Gasteiger partial charge in [0, 0.05) is 11.1 Å². The van der Waals surface area contributed by atoms with Gasteiger partial charge in [0.05, 0.1) is 10.7 Å². The summed E-state index contributed by atoms with van der Waals surface area (Å²) in [5, 5.41) is 14.5. The third-order valence-corrected chi connectivity index (χ3v) is 3.32. The van der Waals surface area contributed by atoms with Gasteiger partial charge < -0.3 is 10.4 Å². The minimum atomic E-state index is -1.05. The van der Waals surface area contributed by atoms with E-state index in [0.717, 1.165) is 10.6 Å². The van der Waals surface area contributed by atoms with Gasteiger partial charge in [0.1, 0.15) is 5.82 Å². The highest BCUT2D eigenvalue weighted by Crippen LogP contribution is 2.23. The van der Waals surface area contributed by atoms with Crippen molar-refractivity contribution in [3.8, 4) is 0 Å². The van der Waals surface area contributed by atoms with Crippen LogP contribution in [0.1, 0.15) is 22.3 Å². The first-order chi connectivity index (χ1) is 8.95. The Morgan fingerprint density at radius 2 is 2.16 bits per heavy atom. The number of aliphatic carboxylic acids is 1. The zero-order valence-corrected chi connectivity index (χ0v) is 11.3. The van der Waals surface area contributed by atoms with Crippen molar-refractivity contribution < 1.29 is 14.3 Å². The molecule has 0 radical (unpaired) electrons. The number of carbonyl (C=O) groups is 1. The van der Waals surface area contributed by atoms with E-state index in [1.807, 2.05) is 0 Å². The highest BCUT2D eigenvalue weighted by Gasteiger charge is 2.22. The zero-order chi connectivity index (χ0) is 14.0. The van der Waals surface area contributed by atoms with Crippen LogP contribution < -0.4 is 5.32 Å². The quantitative estimate of drug-likeness (QED) is 0.903. The molecular weight excluding hydrogens is 267 g/mol. The summed E-state index contributed by atoms with van der Waals surface area (Å²) in [7, 11) is 0. The standard InChI is InChI=1S/C13H13FN2O2S/c1-7-3-9(14)5-10(4-7)16-12(13(17)18)11-6-19-8(2)15-11/h3-6,12,16H,1-2H3,(H,17,18). The molecule has 0 amide bonds. The van der Waals surface area contributed by atoms with Crippen LogP contribution in [0.2, 0.25) is 0 Å². The van der Waals surface area contributed by atoms with Crippen molar-refractivity contribution in [2.45, 2.75) is 19.9 Å². The van der Waals surface area contributed by atoms with Crippen molar-refractivity contribution in [3.63, 3.8) is 0 Å². The average Bonchev–Trinajstić information content (AvgIpc) is 2.70. The van der Waals surface area contributed by atoms with E-state index in [0.29, 0.717) is 11.4 Å². The molecule has 0 bridgehead atoms. The predicted molar refractivity (Wildman–Crippen MR) is 72.0 cm³/mol. The molecule has 1 aromatic heterocycles. The van der Waals surface area contributed by atoms with E-state index in [1.54, 1.807) is 25.3 Å².